The number of carbonyl (C=O) groups is 1. The van der Waals surface area contributed by atoms with Crippen molar-refractivity contribution in [1.29, 1.82) is 0 Å². The van der Waals surface area contributed by atoms with E-state index in [9.17, 15) is 9.90 Å². The van der Waals surface area contributed by atoms with Crippen molar-refractivity contribution in [3.63, 3.8) is 0 Å². The van der Waals surface area contributed by atoms with Crippen LogP contribution in [-0.4, -0.2) is 35.6 Å². The number of dihydropyridines is 1. The van der Waals surface area contributed by atoms with Gasteiger partial charge in [0.1, 0.15) is 23.0 Å². The zero-order chi connectivity index (χ0) is 20.9. The molecule has 1 saturated carbocycles. The average Bonchev–Trinajstić information content (AvgIpc) is 2.67. The van der Waals surface area contributed by atoms with Crippen molar-refractivity contribution >= 4 is 11.9 Å². The molecule has 1 amide bonds. The third kappa shape index (κ3) is 5.32. The van der Waals surface area contributed by atoms with Crippen molar-refractivity contribution in [3.05, 3.63) is 46.9 Å². The predicted molar refractivity (Wildman–Crippen MR) is 113 cm³/mol. The Morgan fingerprint density at radius 3 is 2.76 bits per heavy atom. The quantitative estimate of drug-likeness (QED) is 0.345. The minimum absolute atomic E-state index is 0.141. The molecule has 0 atom stereocenters. The highest BCUT2D eigenvalue weighted by atomic mass is 16.3. The molecule has 3 rings (SSSR count). The van der Waals surface area contributed by atoms with E-state index >= 15 is 0 Å². The Kier molecular flexibility index (Phi) is 6.48. The molecule has 0 saturated heterocycles. The Bertz CT molecular complexity index is 802. The number of aliphatic imine (C=N–C) groups is 1. The lowest BCUT2D eigenvalue weighted by Gasteiger charge is -2.33. The van der Waals surface area contributed by atoms with Crippen molar-refractivity contribution in [1.82, 2.24) is 21.3 Å². The van der Waals surface area contributed by atoms with Crippen molar-refractivity contribution in [3.8, 4) is 0 Å². The number of nitrogens with zero attached hydrogens (tertiary/aromatic N) is 1. The van der Waals surface area contributed by atoms with Gasteiger partial charge in [-0.3, -0.25) is 9.79 Å². The van der Waals surface area contributed by atoms with Crippen LogP contribution in [0.15, 0.2) is 51.9 Å². The molecule has 158 valence electrons. The van der Waals surface area contributed by atoms with Gasteiger partial charge in [-0.25, -0.2) is 0 Å². The smallest absolute Gasteiger partial charge is 0.254 e. The second kappa shape index (κ2) is 9.04. The third-order valence-electron chi connectivity index (χ3n) is 5.23. The van der Waals surface area contributed by atoms with Crippen LogP contribution in [-0.2, 0) is 4.79 Å². The van der Waals surface area contributed by atoms with Crippen molar-refractivity contribution in [2.45, 2.75) is 51.0 Å². The summed E-state index contributed by atoms with van der Waals surface area (Å²) in [5.41, 5.74) is 12.7. The lowest BCUT2D eigenvalue weighted by Crippen LogP contribution is -2.51. The normalized spacial score (nSPS) is 24.2. The SMILES string of the molecule is CC/C=C1/NC(=NCC2(N)CCCCC2)NC(NC2=CC(O)=CCN2)=C1C(N)=O. The molecule has 2 aliphatic heterocycles. The van der Waals surface area contributed by atoms with Crippen LogP contribution in [0.3, 0.4) is 0 Å². The van der Waals surface area contributed by atoms with Gasteiger partial charge in [-0.1, -0.05) is 32.3 Å². The summed E-state index contributed by atoms with van der Waals surface area (Å²) in [6, 6.07) is 0. The summed E-state index contributed by atoms with van der Waals surface area (Å²) in [7, 11) is 0. The van der Waals surface area contributed by atoms with Gasteiger partial charge in [-0.15, -0.1) is 0 Å². The lowest BCUT2D eigenvalue weighted by molar-refractivity contribution is -0.114. The van der Waals surface area contributed by atoms with E-state index in [0.717, 1.165) is 25.7 Å². The maximum atomic E-state index is 12.2. The summed E-state index contributed by atoms with van der Waals surface area (Å²) in [6.45, 7) is 2.94. The highest BCUT2D eigenvalue weighted by molar-refractivity contribution is 6.01. The molecule has 2 heterocycles. The fraction of sp³-hybridized carbons (Fsp3) is 0.500. The van der Waals surface area contributed by atoms with E-state index in [1.54, 1.807) is 6.08 Å². The Labute approximate surface area is 171 Å². The van der Waals surface area contributed by atoms with Gasteiger partial charge >= 0.3 is 0 Å². The van der Waals surface area contributed by atoms with Gasteiger partial charge in [0.25, 0.3) is 5.91 Å². The topological polar surface area (TPSA) is 150 Å². The van der Waals surface area contributed by atoms with E-state index < -0.39 is 5.91 Å². The van der Waals surface area contributed by atoms with Crippen LogP contribution in [0.4, 0.5) is 0 Å². The molecule has 0 spiro atoms. The van der Waals surface area contributed by atoms with Crippen molar-refractivity contribution < 1.29 is 9.90 Å². The van der Waals surface area contributed by atoms with E-state index in [0.29, 0.717) is 48.4 Å². The van der Waals surface area contributed by atoms with E-state index in [2.05, 4.69) is 26.3 Å². The maximum Gasteiger partial charge on any atom is 0.254 e. The first-order chi connectivity index (χ1) is 13.9. The lowest BCUT2D eigenvalue weighted by atomic mass is 9.83. The summed E-state index contributed by atoms with van der Waals surface area (Å²) >= 11 is 0. The number of nitrogens with one attached hydrogen (secondary N) is 4. The molecule has 0 unspecified atom stereocenters. The second-order valence-electron chi connectivity index (χ2n) is 7.67. The Morgan fingerprint density at radius 2 is 2.10 bits per heavy atom. The number of nitrogens with two attached hydrogens (primary N) is 2. The molecule has 0 aromatic rings. The highest BCUT2D eigenvalue weighted by Gasteiger charge is 2.29. The Morgan fingerprint density at radius 1 is 1.34 bits per heavy atom. The number of aliphatic hydroxyl groups is 1. The van der Waals surface area contributed by atoms with Gasteiger partial charge in [0.15, 0.2) is 0 Å². The van der Waals surface area contributed by atoms with Crippen LogP contribution >= 0.6 is 0 Å². The molecule has 1 aliphatic carbocycles. The third-order valence-corrected chi connectivity index (χ3v) is 5.23. The minimum atomic E-state index is -0.579. The van der Waals surface area contributed by atoms with E-state index in [1.807, 2.05) is 13.0 Å². The number of hydrogen-bond donors (Lipinski definition) is 7. The first kappa shape index (κ1) is 20.8. The van der Waals surface area contributed by atoms with Gasteiger partial charge in [0.05, 0.1) is 12.2 Å². The number of primary amides is 1. The highest BCUT2D eigenvalue weighted by Crippen LogP contribution is 2.26. The number of allylic oxidation sites excluding steroid dienone is 2. The average molecular weight is 402 g/mol. The van der Waals surface area contributed by atoms with E-state index in [-0.39, 0.29) is 11.3 Å². The molecule has 9 nitrogen and oxygen atoms in total. The summed E-state index contributed by atoms with van der Waals surface area (Å²) in [5.74, 6) is 1.01. The van der Waals surface area contributed by atoms with Gasteiger partial charge in [-0.05, 0) is 25.3 Å². The number of carbonyl (C=O) groups excluding carboxylic acids is 1. The van der Waals surface area contributed by atoms with E-state index in [4.69, 9.17) is 11.5 Å². The standard InChI is InChI=1S/C20H31N7O2/c1-2-6-14-16(17(21)29)18(26-15-11-13(28)7-10-23-15)27-19(25-14)24-12-20(22)8-4-3-5-9-20/h6-7,11,23,26,28H,2-5,8-10,12,22H2,1H3,(H2,21,29)(H2,24,25,27)/b14-6+. The van der Waals surface area contributed by atoms with E-state index in [1.165, 1.54) is 12.5 Å². The van der Waals surface area contributed by atoms with Crippen LogP contribution in [0.5, 0.6) is 0 Å². The molecule has 0 bridgehead atoms. The largest absolute Gasteiger partial charge is 0.508 e. The maximum absolute atomic E-state index is 12.2. The number of hydrogen-bond acceptors (Lipinski definition) is 6. The summed E-state index contributed by atoms with van der Waals surface area (Å²) < 4.78 is 0. The first-order valence-corrected chi connectivity index (χ1v) is 10.1. The van der Waals surface area contributed by atoms with Crippen molar-refractivity contribution in [2.24, 2.45) is 16.5 Å². The van der Waals surface area contributed by atoms with Crippen LogP contribution in [0, 0.1) is 0 Å². The minimum Gasteiger partial charge on any atom is -0.508 e. The molecule has 0 aromatic carbocycles. The number of guanidine groups is 1. The number of aliphatic hydroxyl groups excluding tert-OH is 1. The predicted octanol–water partition coefficient (Wildman–Crippen LogP) is 0.664. The van der Waals surface area contributed by atoms with Crippen molar-refractivity contribution in [2.75, 3.05) is 13.1 Å². The zero-order valence-electron chi connectivity index (χ0n) is 16.8. The summed E-state index contributed by atoms with van der Waals surface area (Å²) in [5, 5.41) is 22.2. The fourth-order valence-electron chi connectivity index (χ4n) is 3.71. The first-order valence-electron chi connectivity index (χ1n) is 10.1. The van der Waals surface area contributed by atoms with Crippen LogP contribution in [0.25, 0.3) is 0 Å². The summed E-state index contributed by atoms with van der Waals surface area (Å²) in [4.78, 5) is 16.8. The molecular weight excluding hydrogens is 370 g/mol. The molecule has 29 heavy (non-hydrogen) atoms. The van der Waals surface area contributed by atoms with Crippen LogP contribution in [0.1, 0.15) is 45.4 Å². The molecule has 0 aromatic heterocycles. The van der Waals surface area contributed by atoms with Crippen LogP contribution in [0.2, 0.25) is 0 Å². The number of amides is 1. The van der Waals surface area contributed by atoms with Gasteiger partial charge in [-0.2, -0.15) is 0 Å². The van der Waals surface area contributed by atoms with Crippen LogP contribution < -0.4 is 32.7 Å². The second-order valence-corrected chi connectivity index (χ2v) is 7.67. The molecule has 1 fully saturated rings. The zero-order valence-corrected chi connectivity index (χ0v) is 16.8. The number of rotatable bonds is 6. The Balaban J connectivity index is 1.87. The van der Waals surface area contributed by atoms with Gasteiger partial charge in [0, 0.05) is 18.2 Å². The molecule has 9 heteroatoms. The monoisotopic (exact) mass is 401 g/mol. The molecule has 0 radical (unpaired) electrons. The molecule has 9 N–H and O–H groups in total. The fourth-order valence-corrected chi connectivity index (χ4v) is 3.71. The van der Waals surface area contributed by atoms with Gasteiger partial charge in [0.2, 0.25) is 5.96 Å². The van der Waals surface area contributed by atoms with Gasteiger partial charge < -0.3 is 37.8 Å². The molecular formula is C20H31N7O2. The Hall–Kier alpha value is -2.94. The molecule has 3 aliphatic rings. The summed E-state index contributed by atoms with van der Waals surface area (Å²) in [6.07, 6.45) is 11.2.